The fourth-order valence-corrected chi connectivity index (χ4v) is 1.30. The van der Waals surface area contributed by atoms with E-state index < -0.39 is 0 Å². The Kier molecular flexibility index (Phi) is 3.89. The van der Waals surface area contributed by atoms with E-state index in [1.54, 1.807) is 12.7 Å². The molecule has 0 amide bonds. The summed E-state index contributed by atoms with van der Waals surface area (Å²) in [6, 6.07) is 0.478. The van der Waals surface area contributed by atoms with Gasteiger partial charge in [-0.05, 0) is 12.5 Å². The molecule has 1 heterocycles. The molecule has 0 aliphatic rings. The van der Waals surface area contributed by atoms with Crippen molar-refractivity contribution < 1.29 is 0 Å². The molecule has 4 nitrogen and oxygen atoms in total. The van der Waals surface area contributed by atoms with E-state index in [1.165, 1.54) is 0 Å². The van der Waals surface area contributed by atoms with Crippen LogP contribution in [0, 0.1) is 5.92 Å². The quantitative estimate of drug-likeness (QED) is 0.736. The molecule has 0 radical (unpaired) electrons. The molecule has 0 bridgehead atoms. The Morgan fingerprint density at radius 3 is 2.69 bits per heavy atom. The highest BCUT2D eigenvalue weighted by Gasteiger charge is 2.12. The summed E-state index contributed by atoms with van der Waals surface area (Å²) in [4.78, 5) is 3.92. The van der Waals surface area contributed by atoms with E-state index in [2.05, 4.69) is 36.2 Å². The van der Waals surface area contributed by atoms with Crippen LogP contribution in [0.25, 0.3) is 0 Å². The van der Waals surface area contributed by atoms with Gasteiger partial charge in [0, 0.05) is 6.04 Å². The molecule has 0 fully saturated rings. The molecule has 0 aliphatic carbocycles. The summed E-state index contributed by atoms with van der Waals surface area (Å²) in [7, 11) is 0. The molecule has 74 valence electrons. The van der Waals surface area contributed by atoms with Crippen LogP contribution in [0.15, 0.2) is 12.7 Å². The molecule has 0 saturated carbocycles. The molecule has 0 spiro atoms. The van der Waals surface area contributed by atoms with Gasteiger partial charge in [-0.15, -0.1) is 0 Å². The maximum Gasteiger partial charge on any atom is 0.137 e. The highest BCUT2D eigenvalue weighted by atomic mass is 15.3. The Bertz CT molecular complexity index is 218. The summed E-state index contributed by atoms with van der Waals surface area (Å²) >= 11 is 0. The minimum absolute atomic E-state index is 0.478. The number of likely N-dealkylation sites (N-methyl/N-ethyl adjacent to an activating group) is 1. The average molecular weight is 182 g/mol. The number of nitrogens with zero attached hydrogens (tertiary/aromatic N) is 3. The molecular formula is C9H18N4. The van der Waals surface area contributed by atoms with Gasteiger partial charge in [0.2, 0.25) is 0 Å². The zero-order chi connectivity index (χ0) is 9.68. The number of aromatic nitrogens is 3. The van der Waals surface area contributed by atoms with E-state index in [9.17, 15) is 0 Å². The normalized spacial score (nSPS) is 13.5. The van der Waals surface area contributed by atoms with Crippen molar-refractivity contribution in [3.8, 4) is 0 Å². The molecule has 1 unspecified atom stereocenters. The van der Waals surface area contributed by atoms with Crippen LogP contribution >= 0.6 is 0 Å². The Labute approximate surface area is 79.4 Å². The van der Waals surface area contributed by atoms with Gasteiger partial charge < -0.3 is 5.32 Å². The molecule has 1 aromatic rings. The first-order valence-corrected chi connectivity index (χ1v) is 4.79. The van der Waals surface area contributed by atoms with Crippen LogP contribution < -0.4 is 5.32 Å². The monoisotopic (exact) mass is 182 g/mol. The van der Waals surface area contributed by atoms with Crippen LogP contribution in [0.3, 0.4) is 0 Å². The van der Waals surface area contributed by atoms with Crippen molar-refractivity contribution in [2.45, 2.75) is 33.4 Å². The Morgan fingerprint density at radius 2 is 2.23 bits per heavy atom. The zero-order valence-electron chi connectivity index (χ0n) is 8.57. The first-order chi connectivity index (χ1) is 6.24. The van der Waals surface area contributed by atoms with Gasteiger partial charge >= 0.3 is 0 Å². The van der Waals surface area contributed by atoms with E-state index in [0.29, 0.717) is 12.0 Å². The SMILES string of the molecule is CCNC(Cn1cncn1)C(C)C. The Morgan fingerprint density at radius 1 is 1.46 bits per heavy atom. The van der Waals surface area contributed by atoms with Crippen LogP contribution in [0.1, 0.15) is 20.8 Å². The number of nitrogens with one attached hydrogen (secondary N) is 1. The highest BCUT2D eigenvalue weighted by molar-refractivity contribution is 4.71. The molecule has 1 rings (SSSR count). The highest BCUT2D eigenvalue weighted by Crippen LogP contribution is 2.03. The predicted octanol–water partition coefficient (Wildman–Crippen LogP) is 0.912. The van der Waals surface area contributed by atoms with Crippen molar-refractivity contribution in [2.24, 2.45) is 5.92 Å². The second kappa shape index (κ2) is 4.97. The summed E-state index contributed by atoms with van der Waals surface area (Å²) < 4.78 is 1.87. The van der Waals surface area contributed by atoms with Crippen LogP contribution in [0.2, 0.25) is 0 Å². The van der Waals surface area contributed by atoms with Gasteiger partial charge in [0.1, 0.15) is 12.7 Å². The molecular weight excluding hydrogens is 164 g/mol. The molecule has 1 N–H and O–H groups in total. The second-order valence-corrected chi connectivity index (χ2v) is 3.53. The van der Waals surface area contributed by atoms with Gasteiger partial charge in [-0.2, -0.15) is 5.10 Å². The van der Waals surface area contributed by atoms with Crippen LogP contribution in [0.4, 0.5) is 0 Å². The summed E-state index contributed by atoms with van der Waals surface area (Å²) in [5.74, 6) is 0.615. The lowest BCUT2D eigenvalue weighted by Crippen LogP contribution is -2.37. The Balaban J connectivity index is 2.47. The smallest absolute Gasteiger partial charge is 0.137 e. The van der Waals surface area contributed by atoms with Crippen LogP contribution in [0.5, 0.6) is 0 Å². The summed E-state index contributed by atoms with van der Waals surface area (Å²) in [6.07, 6.45) is 3.33. The molecule has 1 atom stereocenters. The van der Waals surface area contributed by atoms with Crippen molar-refractivity contribution in [3.05, 3.63) is 12.7 Å². The van der Waals surface area contributed by atoms with Crippen molar-refractivity contribution >= 4 is 0 Å². The van der Waals surface area contributed by atoms with Crippen molar-refractivity contribution in [2.75, 3.05) is 6.54 Å². The van der Waals surface area contributed by atoms with Gasteiger partial charge in [-0.3, -0.25) is 4.68 Å². The van der Waals surface area contributed by atoms with Gasteiger partial charge in [0.15, 0.2) is 0 Å². The lowest BCUT2D eigenvalue weighted by Gasteiger charge is -2.21. The maximum atomic E-state index is 4.09. The van der Waals surface area contributed by atoms with Crippen molar-refractivity contribution in [1.29, 1.82) is 0 Å². The molecule has 0 aromatic carbocycles. The minimum atomic E-state index is 0.478. The van der Waals surface area contributed by atoms with Gasteiger partial charge in [0.25, 0.3) is 0 Å². The third-order valence-electron chi connectivity index (χ3n) is 2.12. The van der Waals surface area contributed by atoms with Gasteiger partial charge in [-0.25, -0.2) is 4.98 Å². The predicted molar refractivity (Wildman–Crippen MR) is 52.3 cm³/mol. The van der Waals surface area contributed by atoms with Crippen molar-refractivity contribution in [3.63, 3.8) is 0 Å². The molecule has 4 heteroatoms. The first kappa shape index (κ1) is 10.2. The lowest BCUT2D eigenvalue weighted by molar-refractivity contribution is 0.348. The fourth-order valence-electron chi connectivity index (χ4n) is 1.30. The first-order valence-electron chi connectivity index (χ1n) is 4.79. The molecule has 0 saturated heterocycles. The standard InChI is InChI=1S/C9H18N4/c1-4-11-9(8(2)3)5-13-7-10-6-12-13/h6-9,11H,4-5H2,1-3H3. The van der Waals surface area contributed by atoms with Crippen molar-refractivity contribution in [1.82, 2.24) is 20.1 Å². The Hall–Kier alpha value is -0.900. The van der Waals surface area contributed by atoms with E-state index in [-0.39, 0.29) is 0 Å². The third-order valence-corrected chi connectivity index (χ3v) is 2.12. The largest absolute Gasteiger partial charge is 0.312 e. The average Bonchev–Trinajstić information content (AvgIpc) is 2.56. The third kappa shape index (κ3) is 3.14. The van der Waals surface area contributed by atoms with Crippen LogP contribution in [-0.4, -0.2) is 27.4 Å². The number of hydrogen-bond acceptors (Lipinski definition) is 3. The number of rotatable bonds is 5. The molecule has 13 heavy (non-hydrogen) atoms. The lowest BCUT2D eigenvalue weighted by atomic mass is 10.0. The summed E-state index contributed by atoms with van der Waals surface area (Å²) in [5, 5.41) is 7.52. The maximum absolute atomic E-state index is 4.09. The fraction of sp³-hybridized carbons (Fsp3) is 0.778. The number of hydrogen-bond donors (Lipinski definition) is 1. The molecule has 1 aromatic heterocycles. The minimum Gasteiger partial charge on any atom is -0.312 e. The van der Waals surface area contributed by atoms with E-state index in [0.717, 1.165) is 13.1 Å². The topological polar surface area (TPSA) is 42.7 Å². The van der Waals surface area contributed by atoms with Gasteiger partial charge in [-0.1, -0.05) is 20.8 Å². The summed E-state index contributed by atoms with van der Waals surface area (Å²) in [5.41, 5.74) is 0. The van der Waals surface area contributed by atoms with Crippen LogP contribution in [-0.2, 0) is 6.54 Å². The molecule has 0 aliphatic heterocycles. The van der Waals surface area contributed by atoms with E-state index in [4.69, 9.17) is 0 Å². The van der Waals surface area contributed by atoms with E-state index >= 15 is 0 Å². The van der Waals surface area contributed by atoms with E-state index in [1.807, 2.05) is 4.68 Å². The zero-order valence-corrected chi connectivity index (χ0v) is 8.57. The summed E-state index contributed by atoms with van der Waals surface area (Å²) in [6.45, 7) is 8.44. The second-order valence-electron chi connectivity index (χ2n) is 3.53. The van der Waals surface area contributed by atoms with Gasteiger partial charge in [0.05, 0.1) is 6.54 Å².